The number of nitrogens with zero attached hydrogens (tertiary/aromatic N) is 1. The van der Waals surface area contributed by atoms with Gasteiger partial charge in [-0.25, -0.2) is 5.43 Å². The molecule has 0 aliphatic carbocycles. The number of guanidine groups is 1. The molecule has 2 aromatic rings. The first-order valence-electron chi connectivity index (χ1n) is 7.37. The van der Waals surface area contributed by atoms with Crippen LogP contribution in [0.4, 0.5) is 0 Å². The van der Waals surface area contributed by atoms with Gasteiger partial charge in [0, 0.05) is 5.56 Å². The molecule has 132 valence electrons. The van der Waals surface area contributed by atoms with Crippen molar-refractivity contribution < 1.29 is 19.0 Å². The van der Waals surface area contributed by atoms with E-state index >= 15 is 0 Å². The predicted octanol–water partition coefficient (Wildman–Crippen LogP) is 1.20. The van der Waals surface area contributed by atoms with Crippen LogP contribution in [0.5, 0.6) is 17.2 Å². The fraction of sp³-hybridized carbons (Fsp3) is 0.176. The van der Waals surface area contributed by atoms with E-state index in [2.05, 4.69) is 10.5 Å². The summed E-state index contributed by atoms with van der Waals surface area (Å²) in [5.41, 5.74) is 13.9. The van der Waals surface area contributed by atoms with Gasteiger partial charge in [0.1, 0.15) is 6.61 Å². The number of amides is 1. The highest BCUT2D eigenvalue weighted by molar-refractivity contribution is 5.96. The second-order valence-corrected chi connectivity index (χ2v) is 4.96. The summed E-state index contributed by atoms with van der Waals surface area (Å²) in [5.74, 6) is 0.327. The Balaban J connectivity index is 2.30. The third-order valence-electron chi connectivity index (χ3n) is 3.23. The van der Waals surface area contributed by atoms with Crippen molar-refractivity contribution in [1.82, 2.24) is 5.43 Å². The van der Waals surface area contributed by atoms with Crippen LogP contribution in [0.15, 0.2) is 47.6 Å². The number of hydrazone groups is 1. The highest BCUT2D eigenvalue weighted by Crippen LogP contribution is 2.38. The smallest absolute Gasteiger partial charge is 0.271 e. The maximum absolute atomic E-state index is 12.2. The molecular weight excluding hydrogens is 324 g/mol. The minimum absolute atomic E-state index is 0.255. The number of methoxy groups -OCH3 is 2. The van der Waals surface area contributed by atoms with E-state index < -0.39 is 5.91 Å². The van der Waals surface area contributed by atoms with Gasteiger partial charge in [-0.3, -0.25) is 4.79 Å². The molecule has 0 saturated heterocycles. The van der Waals surface area contributed by atoms with Crippen LogP contribution in [0.25, 0.3) is 0 Å². The number of ether oxygens (including phenoxy) is 3. The van der Waals surface area contributed by atoms with Crippen LogP contribution in [0, 0.1) is 0 Å². The normalized spacial score (nSPS) is 9.84. The van der Waals surface area contributed by atoms with Gasteiger partial charge >= 0.3 is 0 Å². The minimum Gasteiger partial charge on any atom is -0.493 e. The second-order valence-electron chi connectivity index (χ2n) is 4.96. The summed E-state index contributed by atoms with van der Waals surface area (Å²) in [5, 5.41) is 3.48. The molecule has 0 aromatic heterocycles. The average molecular weight is 344 g/mol. The first kappa shape index (κ1) is 17.9. The molecule has 2 aromatic carbocycles. The Labute approximate surface area is 145 Å². The van der Waals surface area contributed by atoms with Crippen molar-refractivity contribution in [3.8, 4) is 17.2 Å². The van der Waals surface area contributed by atoms with E-state index in [1.165, 1.54) is 26.4 Å². The fourth-order valence-corrected chi connectivity index (χ4v) is 2.08. The molecule has 8 nitrogen and oxygen atoms in total. The average Bonchev–Trinajstić information content (AvgIpc) is 2.64. The fourth-order valence-electron chi connectivity index (χ4n) is 2.08. The molecule has 0 spiro atoms. The molecule has 0 fully saturated rings. The lowest BCUT2D eigenvalue weighted by atomic mass is 10.1. The van der Waals surface area contributed by atoms with Gasteiger partial charge in [0.2, 0.25) is 11.7 Å². The summed E-state index contributed by atoms with van der Waals surface area (Å²) < 4.78 is 16.4. The lowest BCUT2D eigenvalue weighted by Gasteiger charge is -2.15. The maximum Gasteiger partial charge on any atom is 0.271 e. The van der Waals surface area contributed by atoms with E-state index in [-0.39, 0.29) is 11.5 Å². The van der Waals surface area contributed by atoms with Crippen LogP contribution in [0.3, 0.4) is 0 Å². The molecule has 0 bridgehead atoms. The number of nitrogens with two attached hydrogens (primary N) is 2. The largest absolute Gasteiger partial charge is 0.493 e. The quantitative estimate of drug-likeness (QED) is 0.394. The third kappa shape index (κ3) is 4.77. The highest BCUT2D eigenvalue weighted by Gasteiger charge is 2.17. The lowest BCUT2D eigenvalue weighted by Crippen LogP contribution is -2.29. The van der Waals surface area contributed by atoms with E-state index in [4.69, 9.17) is 25.7 Å². The van der Waals surface area contributed by atoms with E-state index in [1.54, 1.807) is 0 Å². The van der Waals surface area contributed by atoms with Crippen molar-refractivity contribution in [2.45, 2.75) is 6.61 Å². The molecule has 5 N–H and O–H groups in total. The molecule has 0 aliphatic heterocycles. The summed E-state index contributed by atoms with van der Waals surface area (Å²) in [6.07, 6.45) is 0. The van der Waals surface area contributed by atoms with Crippen molar-refractivity contribution in [2.75, 3.05) is 14.2 Å². The molecule has 0 heterocycles. The van der Waals surface area contributed by atoms with E-state index in [9.17, 15) is 4.79 Å². The van der Waals surface area contributed by atoms with Crippen molar-refractivity contribution in [1.29, 1.82) is 0 Å². The molecule has 1 amide bonds. The number of nitrogens with one attached hydrogen (secondary N) is 1. The van der Waals surface area contributed by atoms with E-state index in [0.29, 0.717) is 23.9 Å². The van der Waals surface area contributed by atoms with Crippen LogP contribution < -0.4 is 31.1 Å². The Kier molecular flexibility index (Phi) is 6.05. The van der Waals surface area contributed by atoms with Gasteiger partial charge in [-0.15, -0.1) is 5.10 Å². The lowest BCUT2D eigenvalue weighted by molar-refractivity contribution is 0.0953. The molecule has 0 unspecified atom stereocenters. The van der Waals surface area contributed by atoms with Crippen molar-refractivity contribution in [3.63, 3.8) is 0 Å². The Morgan fingerprint density at radius 2 is 1.76 bits per heavy atom. The zero-order chi connectivity index (χ0) is 18.2. The van der Waals surface area contributed by atoms with Crippen molar-refractivity contribution in [2.24, 2.45) is 16.6 Å². The number of benzene rings is 2. The Hall–Kier alpha value is -3.42. The summed E-state index contributed by atoms with van der Waals surface area (Å²) in [6, 6.07) is 12.6. The molecule has 0 aliphatic rings. The van der Waals surface area contributed by atoms with Gasteiger partial charge in [-0.2, -0.15) is 0 Å². The van der Waals surface area contributed by atoms with Gasteiger partial charge in [0.05, 0.1) is 14.2 Å². The van der Waals surface area contributed by atoms with Crippen molar-refractivity contribution >= 4 is 11.9 Å². The van der Waals surface area contributed by atoms with E-state index in [1.807, 2.05) is 30.3 Å². The highest BCUT2D eigenvalue weighted by atomic mass is 16.5. The maximum atomic E-state index is 12.2. The molecule has 0 saturated carbocycles. The Morgan fingerprint density at radius 1 is 1.08 bits per heavy atom. The number of carbonyl (C=O) groups excluding carboxylic acids is 1. The first-order chi connectivity index (χ1) is 12.0. The molecule has 2 rings (SSSR count). The number of hydrogen-bond donors (Lipinski definition) is 3. The molecular formula is C17H20N4O4. The zero-order valence-corrected chi connectivity index (χ0v) is 14.0. The van der Waals surface area contributed by atoms with Crippen LogP contribution in [-0.2, 0) is 6.61 Å². The molecule has 25 heavy (non-hydrogen) atoms. The molecule has 0 radical (unpaired) electrons. The SMILES string of the molecule is COc1cc(C(=O)NN=C(N)N)cc(OCc2ccccc2)c1OC. The summed E-state index contributed by atoms with van der Waals surface area (Å²) in [4.78, 5) is 12.2. The van der Waals surface area contributed by atoms with Gasteiger partial charge in [-0.05, 0) is 17.7 Å². The Morgan fingerprint density at radius 3 is 2.36 bits per heavy atom. The molecule has 0 atom stereocenters. The van der Waals surface area contributed by atoms with Gasteiger partial charge in [0.25, 0.3) is 5.91 Å². The third-order valence-corrected chi connectivity index (χ3v) is 3.23. The van der Waals surface area contributed by atoms with Crippen molar-refractivity contribution in [3.05, 3.63) is 53.6 Å². The van der Waals surface area contributed by atoms with Crippen LogP contribution in [0.1, 0.15) is 15.9 Å². The van der Waals surface area contributed by atoms with E-state index in [0.717, 1.165) is 5.56 Å². The van der Waals surface area contributed by atoms with Gasteiger partial charge in [-0.1, -0.05) is 30.3 Å². The Bertz CT molecular complexity index is 759. The zero-order valence-electron chi connectivity index (χ0n) is 14.0. The summed E-state index contributed by atoms with van der Waals surface area (Å²) in [7, 11) is 2.96. The van der Waals surface area contributed by atoms with Gasteiger partial charge in [0.15, 0.2) is 11.5 Å². The standard InChI is InChI=1S/C17H20N4O4/c1-23-13-8-12(16(22)20-21-17(18)19)9-14(15(13)24-2)25-10-11-6-4-3-5-7-11/h3-9H,10H2,1-2H3,(H,20,22)(H4,18,19,21). The second kappa shape index (κ2) is 8.44. The minimum atomic E-state index is -0.515. The number of hydrogen-bond acceptors (Lipinski definition) is 5. The van der Waals surface area contributed by atoms with Crippen LogP contribution in [0.2, 0.25) is 0 Å². The summed E-state index contributed by atoms with van der Waals surface area (Å²) >= 11 is 0. The molecule has 8 heteroatoms. The summed E-state index contributed by atoms with van der Waals surface area (Å²) in [6.45, 7) is 0.305. The topological polar surface area (TPSA) is 121 Å². The first-order valence-corrected chi connectivity index (χ1v) is 7.37. The van der Waals surface area contributed by atoms with Gasteiger partial charge < -0.3 is 25.7 Å². The number of carbonyl (C=O) groups is 1. The van der Waals surface area contributed by atoms with Crippen LogP contribution >= 0.6 is 0 Å². The monoisotopic (exact) mass is 344 g/mol. The van der Waals surface area contributed by atoms with Crippen LogP contribution in [-0.4, -0.2) is 26.1 Å². The number of rotatable bonds is 7. The predicted molar refractivity (Wildman–Crippen MR) is 93.6 cm³/mol.